The highest BCUT2D eigenvalue weighted by atomic mass is 32.2. The molecular weight excluding hydrogens is 370 g/mol. The van der Waals surface area contributed by atoms with E-state index in [0.29, 0.717) is 16.5 Å². The Bertz CT molecular complexity index is 764. The molecule has 1 aromatic heterocycles. The molecule has 134 valence electrons. The Morgan fingerprint density at radius 2 is 2.28 bits per heavy atom. The van der Waals surface area contributed by atoms with Crippen molar-refractivity contribution >= 4 is 41.3 Å². The first kappa shape index (κ1) is 17.7. The fourth-order valence-electron chi connectivity index (χ4n) is 2.46. The minimum absolute atomic E-state index is 0.0201. The SMILES string of the molecule is CNC(=O)Cn1nnnc1SCC1=C(C(=O)O)N2C(=O)C(N)[C@H]2SC1. The Morgan fingerprint density at radius 1 is 1.52 bits per heavy atom. The molecule has 0 aromatic carbocycles. The third-order valence-electron chi connectivity index (χ3n) is 3.74. The number of aromatic nitrogens is 4. The fourth-order valence-corrected chi connectivity index (χ4v) is 4.77. The number of amides is 2. The Morgan fingerprint density at radius 3 is 2.96 bits per heavy atom. The summed E-state index contributed by atoms with van der Waals surface area (Å²) in [5.41, 5.74) is 6.29. The molecule has 2 aliphatic heterocycles. The number of nitrogens with zero attached hydrogens (tertiary/aromatic N) is 5. The molecule has 3 heterocycles. The summed E-state index contributed by atoms with van der Waals surface area (Å²) in [5, 5.41) is 23.1. The fraction of sp³-hybridized carbons (Fsp3) is 0.500. The first-order valence-corrected chi connectivity index (χ1v) is 9.22. The molecule has 0 aliphatic carbocycles. The molecule has 1 saturated heterocycles. The Kier molecular flexibility index (Phi) is 4.96. The second-order valence-corrected chi connectivity index (χ2v) is 7.32. The molecule has 2 aliphatic rings. The number of rotatable bonds is 6. The van der Waals surface area contributed by atoms with Crippen LogP contribution < -0.4 is 11.1 Å². The number of likely N-dealkylation sites (N-methyl/N-ethyl adjacent to an activating group) is 1. The maximum absolute atomic E-state index is 11.9. The van der Waals surface area contributed by atoms with Crippen molar-refractivity contribution in [2.24, 2.45) is 5.73 Å². The van der Waals surface area contributed by atoms with E-state index in [2.05, 4.69) is 20.8 Å². The van der Waals surface area contributed by atoms with Crippen LogP contribution in [0, 0.1) is 0 Å². The summed E-state index contributed by atoms with van der Waals surface area (Å²) in [5.74, 6) is -1.06. The average molecular weight is 385 g/mol. The van der Waals surface area contributed by atoms with Crippen LogP contribution in [0.25, 0.3) is 0 Å². The number of nitrogens with two attached hydrogens (primary N) is 1. The lowest BCUT2D eigenvalue weighted by Gasteiger charge is -2.48. The maximum atomic E-state index is 11.9. The summed E-state index contributed by atoms with van der Waals surface area (Å²) in [4.78, 5) is 36.2. The lowest BCUT2D eigenvalue weighted by molar-refractivity contribution is -0.147. The van der Waals surface area contributed by atoms with Crippen LogP contribution in [-0.4, -0.2) is 78.0 Å². The van der Waals surface area contributed by atoms with Crippen molar-refractivity contribution in [3.8, 4) is 0 Å². The molecule has 11 nitrogen and oxygen atoms in total. The van der Waals surface area contributed by atoms with E-state index in [1.807, 2.05) is 0 Å². The number of β-lactam (4-membered cyclic amide) rings is 1. The highest BCUT2D eigenvalue weighted by Gasteiger charge is 2.51. The highest BCUT2D eigenvalue weighted by Crippen LogP contribution is 2.40. The number of carbonyl (C=O) groups excluding carboxylic acids is 2. The van der Waals surface area contributed by atoms with E-state index < -0.39 is 12.0 Å². The Balaban J connectivity index is 1.76. The van der Waals surface area contributed by atoms with E-state index in [-0.39, 0.29) is 35.2 Å². The number of thioether (sulfide) groups is 2. The number of aliphatic carboxylic acids is 1. The molecule has 0 spiro atoms. The van der Waals surface area contributed by atoms with E-state index in [0.717, 1.165) is 0 Å². The minimum Gasteiger partial charge on any atom is -0.477 e. The van der Waals surface area contributed by atoms with Crippen molar-refractivity contribution in [1.82, 2.24) is 30.4 Å². The van der Waals surface area contributed by atoms with Gasteiger partial charge in [-0.05, 0) is 16.0 Å². The number of carboxylic acids is 1. The minimum atomic E-state index is -1.16. The molecule has 0 radical (unpaired) electrons. The van der Waals surface area contributed by atoms with Gasteiger partial charge in [0.05, 0.1) is 0 Å². The van der Waals surface area contributed by atoms with Gasteiger partial charge in [0.2, 0.25) is 17.0 Å². The molecule has 1 aromatic rings. The summed E-state index contributed by atoms with van der Waals surface area (Å²) in [6.45, 7) is -0.0348. The molecule has 0 saturated carbocycles. The summed E-state index contributed by atoms with van der Waals surface area (Å²) in [6.07, 6.45) is 0. The molecule has 2 amide bonds. The third kappa shape index (κ3) is 3.21. The number of carbonyl (C=O) groups is 3. The van der Waals surface area contributed by atoms with Crippen LogP contribution >= 0.6 is 23.5 Å². The Hall–Kier alpha value is -2.12. The topological polar surface area (TPSA) is 156 Å². The Labute approximate surface area is 150 Å². The van der Waals surface area contributed by atoms with Gasteiger partial charge in [0.25, 0.3) is 0 Å². The van der Waals surface area contributed by atoms with E-state index >= 15 is 0 Å². The molecule has 25 heavy (non-hydrogen) atoms. The van der Waals surface area contributed by atoms with Gasteiger partial charge in [-0.25, -0.2) is 9.48 Å². The van der Waals surface area contributed by atoms with Crippen molar-refractivity contribution in [3.05, 3.63) is 11.3 Å². The second-order valence-electron chi connectivity index (χ2n) is 5.27. The summed E-state index contributed by atoms with van der Waals surface area (Å²) >= 11 is 2.64. The number of tetrazole rings is 1. The van der Waals surface area contributed by atoms with Crippen LogP contribution in [0.5, 0.6) is 0 Å². The largest absolute Gasteiger partial charge is 0.477 e. The van der Waals surface area contributed by atoms with Gasteiger partial charge in [-0.2, -0.15) is 0 Å². The van der Waals surface area contributed by atoms with Gasteiger partial charge in [-0.1, -0.05) is 11.8 Å². The number of hydrogen-bond acceptors (Lipinski definition) is 9. The molecule has 4 N–H and O–H groups in total. The molecule has 0 bridgehead atoms. The van der Waals surface area contributed by atoms with E-state index in [9.17, 15) is 19.5 Å². The molecule has 3 rings (SSSR count). The van der Waals surface area contributed by atoms with Gasteiger partial charge in [0.1, 0.15) is 23.7 Å². The predicted octanol–water partition coefficient (Wildman–Crippen LogP) is -1.91. The number of nitrogens with one attached hydrogen (secondary N) is 1. The monoisotopic (exact) mass is 385 g/mol. The average Bonchev–Trinajstić information content (AvgIpc) is 3.04. The lowest BCUT2D eigenvalue weighted by Crippen LogP contribution is -2.68. The summed E-state index contributed by atoms with van der Waals surface area (Å²) in [6, 6.07) is -0.659. The van der Waals surface area contributed by atoms with E-state index in [4.69, 9.17) is 5.73 Å². The van der Waals surface area contributed by atoms with Crippen LogP contribution in [-0.2, 0) is 20.9 Å². The predicted molar refractivity (Wildman–Crippen MR) is 88.3 cm³/mol. The molecule has 1 fully saturated rings. The molecule has 2 atom stereocenters. The normalized spacial score (nSPS) is 22.5. The van der Waals surface area contributed by atoms with Crippen molar-refractivity contribution in [2.45, 2.75) is 23.1 Å². The summed E-state index contributed by atoms with van der Waals surface area (Å²) < 4.78 is 1.33. The van der Waals surface area contributed by atoms with Gasteiger partial charge in [0.15, 0.2) is 0 Å². The van der Waals surface area contributed by atoms with Crippen molar-refractivity contribution < 1.29 is 19.5 Å². The highest BCUT2D eigenvalue weighted by molar-refractivity contribution is 8.01. The van der Waals surface area contributed by atoms with Crippen LogP contribution in [0.1, 0.15) is 0 Å². The van der Waals surface area contributed by atoms with Gasteiger partial charge in [0, 0.05) is 18.6 Å². The van der Waals surface area contributed by atoms with Gasteiger partial charge in [-0.3, -0.25) is 14.5 Å². The van der Waals surface area contributed by atoms with Crippen molar-refractivity contribution in [3.63, 3.8) is 0 Å². The first-order chi connectivity index (χ1) is 11.9. The van der Waals surface area contributed by atoms with Gasteiger partial charge >= 0.3 is 5.97 Å². The van der Waals surface area contributed by atoms with Gasteiger partial charge in [-0.15, -0.1) is 16.9 Å². The smallest absolute Gasteiger partial charge is 0.352 e. The number of fused-ring (bicyclic) bond motifs is 1. The number of carboxylic acid groups (broad SMARTS) is 1. The zero-order valence-corrected chi connectivity index (χ0v) is 14.7. The van der Waals surface area contributed by atoms with Crippen LogP contribution in [0.3, 0.4) is 0 Å². The van der Waals surface area contributed by atoms with Crippen LogP contribution in [0.4, 0.5) is 0 Å². The zero-order chi connectivity index (χ0) is 18.1. The number of hydrogen-bond donors (Lipinski definition) is 3. The zero-order valence-electron chi connectivity index (χ0n) is 13.1. The summed E-state index contributed by atoms with van der Waals surface area (Å²) in [7, 11) is 1.51. The molecule has 1 unspecified atom stereocenters. The standard InChI is InChI=1S/C12H15N7O4S2/c1-14-6(20)2-18-12(15-16-17-18)25-4-5-3-24-10-7(13)9(21)19(10)8(5)11(22)23/h7,10H,2-4,13H2,1H3,(H,14,20)(H,22,23)/t7?,10-/m1/s1. The van der Waals surface area contributed by atoms with Crippen LogP contribution in [0.15, 0.2) is 16.4 Å². The van der Waals surface area contributed by atoms with E-state index in [1.54, 1.807) is 0 Å². The van der Waals surface area contributed by atoms with Gasteiger partial charge < -0.3 is 16.2 Å². The second kappa shape index (κ2) is 7.01. The lowest BCUT2D eigenvalue weighted by atomic mass is 10.0. The third-order valence-corrected chi connectivity index (χ3v) is 6.14. The van der Waals surface area contributed by atoms with Crippen molar-refractivity contribution in [1.29, 1.82) is 0 Å². The van der Waals surface area contributed by atoms with Crippen LogP contribution in [0.2, 0.25) is 0 Å². The van der Waals surface area contributed by atoms with E-state index in [1.165, 1.54) is 40.2 Å². The first-order valence-electron chi connectivity index (χ1n) is 7.19. The van der Waals surface area contributed by atoms with Crippen molar-refractivity contribution in [2.75, 3.05) is 18.6 Å². The maximum Gasteiger partial charge on any atom is 0.352 e. The molecular formula is C12H15N7O4S2. The molecule has 13 heteroatoms. The quantitative estimate of drug-likeness (QED) is 0.373.